The number of imidazole rings is 1. The minimum Gasteiger partial charge on any atom is -0.487 e. The molecule has 3 aromatic heterocycles. The highest BCUT2D eigenvalue weighted by Gasteiger charge is 2.42. The molecule has 0 fully saturated rings. The maximum atomic E-state index is 13.1. The molecule has 1 aromatic carbocycles. The summed E-state index contributed by atoms with van der Waals surface area (Å²) in [5.74, 6) is 1.90. The lowest BCUT2D eigenvalue weighted by molar-refractivity contribution is -0.125. The Morgan fingerprint density at radius 3 is 2.48 bits per heavy atom. The Labute approximate surface area is 191 Å². The van der Waals surface area contributed by atoms with Gasteiger partial charge in [0.2, 0.25) is 5.78 Å². The Morgan fingerprint density at radius 1 is 1.00 bits per heavy atom. The largest absolute Gasteiger partial charge is 0.487 e. The van der Waals surface area contributed by atoms with Gasteiger partial charge in [0.25, 0.3) is 0 Å². The first-order valence-corrected chi connectivity index (χ1v) is 10.6. The van der Waals surface area contributed by atoms with Gasteiger partial charge in [-0.15, -0.1) is 0 Å². The number of aromatic nitrogens is 3. The van der Waals surface area contributed by atoms with Crippen molar-refractivity contribution in [3.63, 3.8) is 0 Å². The SMILES string of the molecule is COc1cccc2nc(COc3ccc(C4=C(c5ccncc5)OC(C)(C)C4=O)cc3)cn12. The summed E-state index contributed by atoms with van der Waals surface area (Å²) in [5.41, 5.74) is 2.82. The van der Waals surface area contributed by atoms with Gasteiger partial charge in [0.15, 0.2) is 11.5 Å². The number of Topliss-reactive ketones (excluding diaryl/α,β-unsaturated/α-hetero) is 1. The van der Waals surface area contributed by atoms with Gasteiger partial charge < -0.3 is 14.2 Å². The second-order valence-electron chi connectivity index (χ2n) is 8.22. The molecule has 0 saturated carbocycles. The first-order valence-electron chi connectivity index (χ1n) is 10.6. The quantitative estimate of drug-likeness (QED) is 0.437. The van der Waals surface area contributed by atoms with E-state index in [4.69, 9.17) is 14.2 Å². The summed E-state index contributed by atoms with van der Waals surface area (Å²) in [5, 5.41) is 0. The van der Waals surface area contributed by atoms with Crippen molar-refractivity contribution < 1.29 is 19.0 Å². The van der Waals surface area contributed by atoms with Gasteiger partial charge in [-0.3, -0.25) is 14.2 Å². The number of pyridine rings is 2. The van der Waals surface area contributed by atoms with E-state index in [2.05, 4.69) is 9.97 Å². The molecule has 7 heteroatoms. The summed E-state index contributed by atoms with van der Waals surface area (Å²) in [6.07, 6.45) is 5.26. The highest BCUT2D eigenvalue weighted by molar-refractivity contribution is 6.32. The summed E-state index contributed by atoms with van der Waals surface area (Å²) < 4.78 is 19.2. The van der Waals surface area contributed by atoms with Crippen molar-refractivity contribution in [3.8, 4) is 11.6 Å². The van der Waals surface area contributed by atoms with Crippen molar-refractivity contribution >= 4 is 22.8 Å². The maximum Gasteiger partial charge on any atom is 0.210 e. The average molecular weight is 441 g/mol. The van der Waals surface area contributed by atoms with Crippen LogP contribution in [0.4, 0.5) is 0 Å². The molecule has 4 heterocycles. The van der Waals surface area contributed by atoms with Crippen LogP contribution in [0.5, 0.6) is 11.6 Å². The molecule has 5 rings (SSSR count). The fraction of sp³-hybridized carbons (Fsp3) is 0.192. The molecule has 166 valence electrons. The lowest BCUT2D eigenvalue weighted by atomic mass is 9.93. The predicted molar refractivity (Wildman–Crippen MR) is 124 cm³/mol. The normalized spacial score (nSPS) is 15.1. The summed E-state index contributed by atoms with van der Waals surface area (Å²) in [6.45, 7) is 3.87. The van der Waals surface area contributed by atoms with Crippen molar-refractivity contribution in [2.45, 2.75) is 26.1 Å². The predicted octanol–water partition coefficient (Wildman–Crippen LogP) is 4.56. The summed E-state index contributed by atoms with van der Waals surface area (Å²) >= 11 is 0. The number of rotatable bonds is 6. The lowest BCUT2D eigenvalue weighted by Crippen LogP contribution is -2.29. The molecule has 4 aromatic rings. The molecule has 7 nitrogen and oxygen atoms in total. The summed E-state index contributed by atoms with van der Waals surface area (Å²) in [6, 6.07) is 16.8. The van der Waals surface area contributed by atoms with E-state index in [1.807, 2.05) is 65.2 Å². The number of carbonyl (C=O) groups excluding carboxylic acids is 1. The lowest BCUT2D eigenvalue weighted by Gasteiger charge is -2.17. The average Bonchev–Trinajstić information content (AvgIpc) is 3.36. The smallest absolute Gasteiger partial charge is 0.210 e. The monoisotopic (exact) mass is 441 g/mol. The molecule has 33 heavy (non-hydrogen) atoms. The van der Waals surface area contributed by atoms with Gasteiger partial charge in [0.1, 0.15) is 23.8 Å². The van der Waals surface area contributed by atoms with E-state index in [0.717, 1.165) is 22.5 Å². The Balaban J connectivity index is 1.38. The summed E-state index contributed by atoms with van der Waals surface area (Å²) in [4.78, 5) is 21.7. The fourth-order valence-electron chi connectivity index (χ4n) is 3.87. The zero-order valence-corrected chi connectivity index (χ0v) is 18.6. The molecule has 0 unspecified atom stereocenters. The minimum atomic E-state index is -0.923. The van der Waals surface area contributed by atoms with Gasteiger partial charge in [-0.25, -0.2) is 4.98 Å². The van der Waals surface area contributed by atoms with Gasteiger partial charge in [-0.2, -0.15) is 0 Å². The molecule has 1 aliphatic rings. The van der Waals surface area contributed by atoms with Gasteiger partial charge in [-0.1, -0.05) is 18.2 Å². The van der Waals surface area contributed by atoms with Crippen LogP contribution in [0.15, 0.2) is 73.2 Å². The van der Waals surface area contributed by atoms with Crippen LogP contribution in [-0.2, 0) is 16.1 Å². The van der Waals surface area contributed by atoms with Crippen LogP contribution in [0.3, 0.4) is 0 Å². The van der Waals surface area contributed by atoms with Gasteiger partial charge in [0.05, 0.1) is 18.4 Å². The molecule has 0 aliphatic carbocycles. The number of hydrogen-bond donors (Lipinski definition) is 0. The van der Waals surface area contributed by atoms with Crippen LogP contribution in [0.25, 0.3) is 17.0 Å². The fourth-order valence-corrected chi connectivity index (χ4v) is 3.87. The standard InChI is InChI=1S/C26H23N3O4/c1-26(2)25(30)23(24(33-26)18-11-13-27-14-12-18)17-7-9-20(10-8-17)32-16-19-15-29-21(28-19)5-4-6-22(29)31-3/h4-15H,16H2,1-3H3. The van der Waals surface area contributed by atoms with Crippen LogP contribution in [0.2, 0.25) is 0 Å². The Morgan fingerprint density at radius 2 is 1.76 bits per heavy atom. The van der Waals surface area contributed by atoms with E-state index in [1.54, 1.807) is 33.4 Å². The zero-order valence-electron chi connectivity index (χ0n) is 18.6. The Hall–Kier alpha value is -4.13. The molecule has 1 aliphatic heterocycles. The third-order valence-electron chi connectivity index (χ3n) is 5.54. The number of carbonyl (C=O) groups is 1. The first-order chi connectivity index (χ1) is 16.0. The number of ketones is 1. The van der Waals surface area contributed by atoms with E-state index in [1.165, 1.54) is 0 Å². The number of hydrogen-bond acceptors (Lipinski definition) is 6. The Kier molecular flexibility index (Phi) is 5.09. The van der Waals surface area contributed by atoms with Crippen molar-refractivity contribution in [1.82, 2.24) is 14.4 Å². The van der Waals surface area contributed by atoms with Crippen LogP contribution >= 0.6 is 0 Å². The third-order valence-corrected chi connectivity index (χ3v) is 5.54. The topological polar surface area (TPSA) is 74.9 Å². The van der Waals surface area contributed by atoms with Crippen molar-refractivity contribution in [1.29, 1.82) is 0 Å². The van der Waals surface area contributed by atoms with E-state index < -0.39 is 5.60 Å². The van der Waals surface area contributed by atoms with E-state index in [0.29, 0.717) is 29.6 Å². The zero-order chi connectivity index (χ0) is 23.0. The van der Waals surface area contributed by atoms with Crippen LogP contribution in [0.1, 0.15) is 30.7 Å². The number of nitrogens with zero attached hydrogens (tertiary/aromatic N) is 3. The minimum absolute atomic E-state index is 0.0540. The van der Waals surface area contributed by atoms with Crippen LogP contribution in [-0.4, -0.2) is 32.9 Å². The van der Waals surface area contributed by atoms with E-state index in [9.17, 15) is 4.79 Å². The second kappa shape index (κ2) is 8.09. The van der Waals surface area contributed by atoms with Gasteiger partial charge in [-0.05, 0) is 55.8 Å². The molecule has 0 amide bonds. The third kappa shape index (κ3) is 3.82. The maximum absolute atomic E-state index is 13.1. The van der Waals surface area contributed by atoms with Crippen LogP contribution < -0.4 is 9.47 Å². The van der Waals surface area contributed by atoms with E-state index in [-0.39, 0.29) is 5.78 Å². The highest BCUT2D eigenvalue weighted by atomic mass is 16.5. The van der Waals surface area contributed by atoms with Gasteiger partial charge >= 0.3 is 0 Å². The second-order valence-corrected chi connectivity index (χ2v) is 8.22. The van der Waals surface area contributed by atoms with E-state index >= 15 is 0 Å². The van der Waals surface area contributed by atoms with Crippen molar-refractivity contribution in [2.24, 2.45) is 0 Å². The van der Waals surface area contributed by atoms with Crippen molar-refractivity contribution in [2.75, 3.05) is 7.11 Å². The van der Waals surface area contributed by atoms with Crippen molar-refractivity contribution in [3.05, 3.63) is 90.0 Å². The number of ether oxygens (including phenoxy) is 3. The molecule has 0 N–H and O–H groups in total. The van der Waals surface area contributed by atoms with Crippen LogP contribution in [0, 0.1) is 0 Å². The highest BCUT2D eigenvalue weighted by Crippen LogP contribution is 2.41. The molecule has 0 radical (unpaired) electrons. The van der Waals surface area contributed by atoms with Gasteiger partial charge in [0, 0.05) is 24.2 Å². The number of benzene rings is 1. The number of methoxy groups -OCH3 is 1. The molecular formula is C26H23N3O4. The Bertz CT molecular complexity index is 1360. The first kappa shape index (κ1) is 20.8. The summed E-state index contributed by atoms with van der Waals surface area (Å²) in [7, 11) is 1.63. The molecule has 0 bridgehead atoms. The number of fused-ring (bicyclic) bond motifs is 1. The molecule has 0 saturated heterocycles. The molecule has 0 spiro atoms. The molecular weight excluding hydrogens is 418 g/mol. The molecule has 0 atom stereocenters.